The van der Waals surface area contributed by atoms with Crippen LogP contribution in [0.15, 0.2) is 27.8 Å². The van der Waals surface area contributed by atoms with Gasteiger partial charge >= 0.3 is 0 Å². The summed E-state index contributed by atoms with van der Waals surface area (Å²) in [4.78, 5) is 0. The molecule has 12 heavy (non-hydrogen) atoms. The Morgan fingerprint density at radius 1 is 1.58 bits per heavy atom. The number of nitrogens with zero attached hydrogens (tertiary/aromatic N) is 1. The van der Waals surface area contributed by atoms with E-state index in [1.165, 1.54) is 12.3 Å². The summed E-state index contributed by atoms with van der Waals surface area (Å²) in [7, 11) is 0. The Bertz CT molecular complexity index is 301. The summed E-state index contributed by atoms with van der Waals surface area (Å²) in [6.07, 6.45) is 1.54. The van der Waals surface area contributed by atoms with E-state index in [4.69, 9.17) is 5.21 Å². The number of hydrogen-bond acceptors (Lipinski definition) is 2. The molecule has 0 saturated carbocycles. The predicted octanol–water partition coefficient (Wildman–Crippen LogP) is 2.59. The lowest BCUT2D eigenvalue weighted by Crippen LogP contribution is -1.90. The standard InChI is InChI=1S/C8H7BrFNO/c9-7-2-1-6(3-4-11-12)8(10)5-7/h1-2,4-5,12H,3H2. The van der Waals surface area contributed by atoms with Crippen molar-refractivity contribution in [1.82, 2.24) is 0 Å². The highest BCUT2D eigenvalue weighted by Gasteiger charge is 2.00. The van der Waals surface area contributed by atoms with Crippen molar-refractivity contribution in [3.63, 3.8) is 0 Å². The van der Waals surface area contributed by atoms with Crippen LogP contribution in [0, 0.1) is 5.82 Å². The molecule has 0 aliphatic heterocycles. The van der Waals surface area contributed by atoms with Crippen molar-refractivity contribution in [3.05, 3.63) is 34.1 Å². The quantitative estimate of drug-likeness (QED) is 0.474. The fraction of sp³-hybridized carbons (Fsp3) is 0.125. The summed E-state index contributed by atoms with van der Waals surface area (Å²) in [6, 6.07) is 4.76. The third-order valence-electron chi connectivity index (χ3n) is 1.41. The minimum Gasteiger partial charge on any atom is -0.411 e. The van der Waals surface area contributed by atoms with Gasteiger partial charge in [-0.1, -0.05) is 22.0 Å². The van der Waals surface area contributed by atoms with Gasteiger partial charge < -0.3 is 5.21 Å². The lowest BCUT2D eigenvalue weighted by molar-refractivity contribution is 0.320. The maximum Gasteiger partial charge on any atom is 0.127 e. The van der Waals surface area contributed by atoms with Crippen LogP contribution >= 0.6 is 15.9 Å². The Kier molecular flexibility index (Phi) is 3.22. The molecule has 1 aromatic carbocycles. The van der Waals surface area contributed by atoms with Crippen LogP contribution in [-0.4, -0.2) is 11.4 Å². The van der Waals surface area contributed by atoms with E-state index in [0.717, 1.165) is 0 Å². The van der Waals surface area contributed by atoms with Crippen LogP contribution < -0.4 is 0 Å². The van der Waals surface area contributed by atoms with Crippen molar-refractivity contribution < 1.29 is 9.60 Å². The zero-order valence-electron chi connectivity index (χ0n) is 6.17. The van der Waals surface area contributed by atoms with Crippen LogP contribution in [0.2, 0.25) is 0 Å². The minimum absolute atomic E-state index is 0.301. The second-order valence-corrected chi connectivity index (χ2v) is 3.15. The molecule has 0 bridgehead atoms. The number of benzene rings is 1. The van der Waals surface area contributed by atoms with Gasteiger partial charge in [0.15, 0.2) is 0 Å². The normalized spacial score (nSPS) is 10.8. The molecule has 0 aliphatic rings. The topological polar surface area (TPSA) is 32.6 Å². The molecule has 1 rings (SSSR count). The number of halogens is 2. The molecule has 0 amide bonds. The summed E-state index contributed by atoms with van der Waals surface area (Å²) in [6.45, 7) is 0. The molecule has 0 aliphatic carbocycles. The maximum atomic E-state index is 13.0. The van der Waals surface area contributed by atoms with Crippen molar-refractivity contribution in [2.75, 3.05) is 0 Å². The monoisotopic (exact) mass is 231 g/mol. The molecule has 4 heteroatoms. The molecular formula is C8H7BrFNO. The van der Waals surface area contributed by atoms with E-state index < -0.39 is 0 Å². The van der Waals surface area contributed by atoms with Gasteiger partial charge in [0, 0.05) is 17.1 Å². The highest BCUT2D eigenvalue weighted by atomic mass is 79.9. The lowest BCUT2D eigenvalue weighted by Gasteiger charge is -1.98. The lowest BCUT2D eigenvalue weighted by atomic mass is 10.1. The van der Waals surface area contributed by atoms with Gasteiger partial charge in [-0.15, -0.1) is 5.16 Å². The average Bonchev–Trinajstić information content (AvgIpc) is 2.03. The first kappa shape index (κ1) is 9.19. The molecule has 0 aromatic heterocycles. The van der Waals surface area contributed by atoms with Gasteiger partial charge in [-0.25, -0.2) is 4.39 Å². The largest absolute Gasteiger partial charge is 0.411 e. The van der Waals surface area contributed by atoms with Crippen molar-refractivity contribution in [3.8, 4) is 0 Å². The van der Waals surface area contributed by atoms with E-state index in [2.05, 4.69) is 21.1 Å². The summed E-state index contributed by atoms with van der Waals surface area (Å²) in [5.41, 5.74) is 0.510. The first-order valence-electron chi connectivity index (χ1n) is 3.34. The van der Waals surface area contributed by atoms with E-state index in [1.807, 2.05) is 0 Å². The van der Waals surface area contributed by atoms with Crippen LogP contribution in [0.1, 0.15) is 5.56 Å². The zero-order valence-corrected chi connectivity index (χ0v) is 7.75. The molecule has 0 atom stereocenters. The van der Waals surface area contributed by atoms with Gasteiger partial charge in [0.1, 0.15) is 5.82 Å². The zero-order chi connectivity index (χ0) is 8.97. The maximum absolute atomic E-state index is 13.0. The molecule has 0 heterocycles. The van der Waals surface area contributed by atoms with Crippen molar-refractivity contribution >= 4 is 22.1 Å². The predicted molar refractivity (Wildman–Crippen MR) is 48.1 cm³/mol. The van der Waals surface area contributed by atoms with Gasteiger partial charge in [0.05, 0.1) is 0 Å². The Morgan fingerprint density at radius 3 is 2.92 bits per heavy atom. The summed E-state index contributed by atoms with van der Waals surface area (Å²) < 4.78 is 13.7. The average molecular weight is 232 g/mol. The fourth-order valence-corrected chi connectivity index (χ4v) is 1.16. The van der Waals surface area contributed by atoms with Gasteiger partial charge in [-0.3, -0.25) is 0 Å². The third-order valence-corrected chi connectivity index (χ3v) is 1.90. The fourth-order valence-electron chi connectivity index (χ4n) is 0.826. The van der Waals surface area contributed by atoms with Crippen LogP contribution in [0.25, 0.3) is 0 Å². The Hall–Kier alpha value is -0.900. The van der Waals surface area contributed by atoms with E-state index in [9.17, 15) is 4.39 Å². The molecule has 0 radical (unpaired) electrons. The Balaban J connectivity index is 2.86. The van der Waals surface area contributed by atoms with E-state index in [-0.39, 0.29) is 5.82 Å². The van der Waals surface area contributed by atoms with Crippen molar-refractivity contribution in [2.45, 2.75) is 6.42 Å². The molecular weight excluding hydrogens is 225 g/mol. The highest BCUT2D eigenvalue weighted by Crippen LogP contribution is 2.14. The molecule has 2 nitrogen and oxygen atoms in total. The van der Waals surface area contributed by atoms with Gasteiger partial charge in [0.25, 0.3) is 0 Å². The Labute approximate surface area is 77.8 Å². The van der Waals surface area contributed by atoms with Crippen molar-refractivity contribution in [2.24, 2.45) is 5.16 Å². The van der Waals surface area contributed by atoms with Crippen LogP contribution in [0.5, 0.6) is 0 Å². The molecule has 1 aromatic rings. The molecule has 0 unspecified atom stereocenters. The van der Waals surface area contributed by atoms with Gasteiger partial charge in [-0.2, -0.15) is 0 Å². The molecule has 64 valence electrons. The SMILES string of the molecule is ON=CCc1ccc(Br)cc1F. The van der Waals surface area contributed by atoms with Gasteiger partial charge in [0.2, 0.25) is 0 Å². The number of oxime groups is 1. The minimum atomic E-state index is -0.302. The summed E-state index contributed by atoms with van der Waals surface area (Å²) >= 11 is 3.14. The van der Waals surface area contributed by atoms with E-state index in [0.29, 0.717) is 16.5 Å². The van der Waals surface area contributed by atoms with Crippen LogP contribution in [0.3, 0.4) is 0 Å². The third kappa shape index (κ3) is 2.30. The molecule has 1 N–H and O–H groups in total. The smallest absolute Gasteiger partial charge is 0.127 e. The molecule has 0 spiro atoms. The van der Waals surface area contributed by atoms with Gasteiger partial charge in [-0.05, 0) is 17.7 Å². The molecule has 0 fully saturated rings. The first-order chi connectivity index (χ1) is 5.74. The van der Waals surface area contributed by atoms with Crippen LogP contribution in [-0.2, 0) is 6.42 Å². The van der Waals surface area contributed by atoms with E-state index >= 15 is 0 Å². The number of hydrogen-bond donors (Lipinski definition) is 1. The Morgan fingerprint density at radius 2 is 2.33 bits per heavy atom. The summed E-state index contributed by atoms with van der Waals surface area (Å²) in [5.74, 6) is -0.302. The second kappa shape index (κ2) is 4.21. The number of rotatable bonds is 2. The summed E-state index contributed by atoms with van der Waals surface area (Å²) in [5, 5.41) is 10.9. The van der Waals surface area contributed by atoms with E-state index in [1.54, 1.807) is 12.1 Å². The molecule has 0 saturated heterocycles. The first-order valence-corrected chi connectivity index (χ1v) is 4.13. The highest BCUT2D eigenvalue weighted by molar-refractivity contribution is 9.10. The van der Waals surface area contributed by atoms with Crippen LogP contribution in [0.4, 0.5) is 4.39 Å². The second-order valence-electron chi connectivity index (χ2n) is 2.24. The van der Waals surface area contributed by atoms with Crippen molar-refractivity contribution in [1.29, 1.82) is 0 Å².